The number of hydrogen-bond donors (Lipinski definition) is 1. The zero-order valence-electron chi connectivity index (χ0n) is 24.7. The number of nitrogens with one attached hydrogen (secondary N) is 1. The van der Waals surface area contributed by atoms with Crippen LogP contribution in [0.2, 0.25) is 0 Å². The molecule has 1 aromatic carbocycles. The molecule has 7 atom stereocenters. The summed E-state index contributed by atoms with van der Waals surface area (Å²) in [5, 5.41) is 2.72. The van der Waals surface area contributed by atoms with E-state index in [9.17, 15) is 22.8 Å². The Morgan fingerprint density at radius 3 is 2.60 bits per heavy atom. The molecule has 1 N–H and O–H groups in total. The van der Waals surface area contributed by atoms with Crippen molar-refractivity contribution in [1.82, 2.24) is 5.32 Å². The van der Waals surface area contributed by atoms with Crippen molar-refractivity contribution in [3.8, 4) is 0 Å². The lowest BCUT2D eigenvalue weighted by molar-refractivity contribution is -0.942. The smallest absolute Gasteiger partial charge is 0.425 e. The third kappa shape index (κ3) is 4.39. The van der Waals surface area contributed by atoms with Gasteiger partial charge >= 0.3 is 12.1 Å². The molecule has 2 heterocycles. The number of esters is 1. The predicted octanol–water partition coefficient (Wildman–Crippen LogP) is 5.42. The van der Waals surface area contributed by atoms with Gasteiger partial charge in [0.2, 0.25) is 5.72 Å². The molecule has 0 radical (unpaired) electrons. The molecule has 6 rings (SSSR count). The van der Waals surface area contributed by atoms with Crippen molar-refractivity contribution in [2.75, 3.05) is 27.2 Å². The van der Waals surface area contributed by atoms with Gasteiger partial charge in [0.15, 0.2) is 11.3 Å². The van der Waals surface area contributed by atoms with Gasteiger partial charge in [-0.25, -0.2) is 0 Å². The van der Waals surface area contributed by atoms with Gasteiger partial charge in [0, 0.05) is 42.6 Å². The van der Waals surface area contributed by atoms with E-state index in [4.69, 9.17) is 14.2 Å². The molecule has 1 aromatic rings. The highest BCUT2D eigenvalue weighted by atomic mass is 19.4. The molecule has 230 valence electrons. The number of allylic oxidation sites excluding steroid dienone is 2. The standard InChI is InChI=1S/C33H37F3N2O5/c1-5-17-38(3)18-16-31-23-12-9-13-25(31)43-32(26(41-4)15-14-22(29(31)32)19-24(23)38)37-30(40)27(33(34,35)36)28(42-20(2)39)21-10-7-6-8-11-21/h5-8,10-11,14-15,23-25,29H,1,9,12-13,16-19H2,2-4H3/p+1/t23-,24+,25-,29?,31+,32?,38?/m0/s1. The molecule has 43 heavy (non-hydrogen) atoms. The zero-order valence-corrected chi connectivity index (χ0v) is 24.7. The van der Waals surface area contributed by atoms with Gasteiger partial charge < -0.3 is 24.0 Å². The van der Waals surface area contributed by atoms with Crippen LogP contribution >= 0.6 is 0 Å². The fraction of sp³-hybridized carbons (Fsp3) is 0.515. The maximum absolute atomic E-state index is 14.8. The van der Waals surface area contributed by atoms with Gasteiger partial charge in [0.25, 0.3) is 5.91 Å². The second kappa shape index (κ2) is 10.4. The van der Waals surface area contributed by atoms with Crippen molar-refractivity contribution >= 4 is 17.6 Å². The minimum Gasteiger partial charge on any atom is -0.496 e. The van der Waals surface area contributed by atoms with Crippen molar-refractivity contribution < 1.29 is 41.5 Å². The highest BCUT2D eigenvalue weighted by Gasteiger charge is 2.76. The van der Waals surface area contributed by atoms with Gasteiger partial charge in [-0.05, 0) is 25.0 Å². The summed E-state index contributed by atoms with van der Waals surface area (Å²) in [6.07, 6.45) is 4.51. The van der Waals surface area contributed by atoms with Crippen molar-refractivity contribution in [3.63, 3.8) is 0 Å². The topological polar surface area (TPSA) is 73.9 Å². The Labute approximate surface area is 249 Å². The molecule has 1 amide bonds. The summed E-state index contributed by atoms with van der Waals surface area (Å²) in [4.78, 5) is 26.0. The number of likely N-dealkylation sites (tertiary alicyclic amines) is 1. The molecule has 2 aliphatic heterocycles. The van der Waals surface area contributed by atoms with Crippen molar-refractivity contribution in [2.45, 2.75) is 63.1 Å². The fourth-order valence-electron chi connectivity index (χ4n) is 9.11. The van der Waals surface area contributed by atoms with E-state index in [0.29, 0.717) is 6.04 Å². The number of likely N-dealkylation sites (N-methyl/N-ethyl adjacent to an activating group) is 1. The average molecular weight is 600 g/mol. The Balaban J connectivity index is 1.49. The molecule has 7 nitrogen and oxygen atoms in total. The van der Waals surface area contributed by atoms with Crippen LogP contribution in [0, 0.1) is 17.3 Å². The normalized spacial score (nSPS) is 36.3. The minimum atomic E-state index is -5.15. The van der Waals surface area contributed by atoms with Gasteiger partial charge in [-0.1, -0.05) is 55.0 Å². The van der Waals surface area contributed by atoms with Crippen molar-refractivity contribution in [3.05, 3.63) is 77.6 Å². The summed E-state index contributed by atoms with van der Waals surface area (Å²) in [6.45, 7) is 6.73. The lowest BCUT2D eigenvalue weighted by Gasteiger charge is -2.63. The third-order valence-corrected chi connectivity index (χ3v) is 10.6. The summed E-state index contributed by atoms with van der Waals surface area (Å²) in [6, 6.07) is 7.68. The third-order valence-electron chi connectivity index (χ3n) is 10.6. The Morgan fingerprint density at radius 2 is 1.95 bits per heavy atom. The molecule has 4 fully saturated rings. The van der Waals surface area contributed by atoms with E-state index >= 15 is 0 Å². The second-order valence-electron chi connectivity index (χ2n) is 12.7. The Bertz CT molecular complexity index is 1440. The van der Waals surface area contributed by atoms with Gasteiger partial charge in [-0.15, -0.1) is 0 Å². The monoisotopic (exact) mass is 599 g/mol. The maximum Gasteiger partial charge on any atom is 0.425 e. The van der Waals surface area contributed by atoms with E-state index in [1.165, 1.54) is 31.4 Å². The molecule has 10 heteroatoms. The van der Waals surface area contributed by atoms with E-state index in [2.05, 4.69) is 18.9 Å². The number of alkyl halides is 3. The minimum absolute atomic E-state index is 0.0452. The number of nitrogens with zero attached hydrogens (tertiary/aromatic N) is 1. The number of amides is 1. The van der Waals surface area contributed by atoms with Crippen molar-refractivity contribution in [1.29, 1.82) is 0 Å². The number of methoxy groups -OCH3 is 1. The van der Waals surface area contributed by atoms with Crippen LogP contribution in [0.3, 0.4) is 0 Å². The number of carbonyl (C=O) groups excluding carboxylic acids is 2. The van der Waals surface area contributed by atoms with Gasteiger partial charge in [-0.2, -0.15) is 13.2 Å². The molecule has 5 aliphatic rings. The lowest BCUT2D eigenvalue weighted by Crippen LogP contribution is -2.71. The Kier molecular flexibility index (Phi) is 7.16. The highest BCUT2D eigenvalue weighted by Crippen LogP contribution is 2.70. The van der Waals surface area contributed by atoms with Crippen molar-refractivity contribution in [2.24, 2.45) is 17.3 Å². The number of piperidine rings is 1. The van der Waals surface area contributed by atoms with Gasteiger partial charge in [0.1, 0.15) is 5.76 Å². The second-order valence-corrected chi connectivity index (χ2v) is 12.7. The Morgan fingerprint density at radius 1 is 1.21 bits per heavy atom. The van der Waals surface area contributed by atoms with Gasteiger partial charge in [0.05, 0.1) is 39.4 Å². The van der Waals surface area contributed by atoms with E-state index in [0.717, 1.165) is 62.2 Å². The zero-order chi connectivity index (χ0) is 30.8. The van der Waals surface area contributed by atoms with E-state index in [1.807, 2.05) is 12.2 Å². The first-order valence-corrected chi connectivity index (χ1v) is 14.9. The van der Waals surface area contributed by atoms with Crippen LogP contribution in [0.15, 0.2) is 72.0 Å². The Hall–Kier alpha value is -3.37. The van der Waals surface area contributed by atoms with Crippen LogP contribution in [0.1, 0.15) is 44.6 Å². The molecule has 3 aliphatic carbocycles. The molecule has 2 bridgehead atoms. The highest BCUT2D eigenvalue weighted by molar-refractivity contribution is 6.03. The van der Waals surface area contributed by atoms with Crippen LogP contribution in [0.4, 0.5) is 13.2 Å². The summed E-state index contributed by atoms with van der Waals surface area (Å²) < 4.78 is 63.1. The summed E-state index contributed by atoms with van der Waals surface area (Å²) in [7, 11) is 3.71. The molecule has 2 saturated heterocycles. The molecular weight excluding hydrogens is 561 g/mol. The number of rotatable bonds is 7. The first kappa shape index (κ1) is 29.7. The predicted molar refractivity (Wildman–Crippen MR) is 153 cm³/mol. The number of halogens is 3. The van der Waals surface area contributed by atoms with Crippen LogP contribution in [-0.2, 0) is 23.8 Å². The first-order valence-electron chi connectivity index (χ1n) is 14.9. The number of benzene rings is 1. The summed E-state index contributed by atoms with van der Waals surface area (Å²) in [5.41, 5.74) is -2.59. The fourth-order valence-corrected chi connectivity index (χ4v) is 9.11. The van der Waals surface area contributed by atoms with Crippen LogP contribution < -0.4 is 5.32 Å². The number of carbonyl (C=O) groups is 2. The van der Waals surface area contributed by atoms with Crippen LogP contribution in [0.5, 0.6) is 0 Å². The number of hydrogen-bond acceptors (Lipinski definition) is 5. The maximum atomic E-state index is 14.8. The van der Waals surface area contributed by atoms with E-state index in [-0.39, 0.29) is 28.8 Å². The molecular formula is C33H38F3N2O5+. The quantitative estimate of drug-likeness (QED) is 0.149. The summed E-state index contributed by atoms with van der Waals surface area (Å²) >= 11 is 0. The van der Waals surface area contributed by atoms with Crippen LogP contribution in [-0.4, -0.2) is 67.7 Å². The van der Waals surface area contributed by atoms with Gasteiger partial charge in [-0.3, -0.25) is 9.59 Å². The van der Waals surface area contributed by atoms with E-state index in [1.54, 1.807) is 12.1 Å². The lowest BCUT2D eigenvalue weighted by atomic mass is 9.46. The summed E-state index contributed by atoms with van der Waals surface area (Å²) in [5.74, 6) is -3.13. The molecule has 1 spiro atoms. The SMILES string of the molecule is C=CC[N+]1(C)CC[C@]23C4C5=CC=C(OC)C4(NC(=O)C(=C(OC(C)=O)c4ccccc4)C(F)(F)F)O[C@H]2CCC[C@H]3[C@H]1C5. The molecule has 0 aromatic heterocycles. The molecule has 3 unspecified atom stereocenters. The van der Waals surface area contributed by atoms with E-state index < -0.39 is 41.0 Å². The van der Waals surface area contributed by atoms with Crippen LogP contribution in [0.25, 0.3) is 5.76 Å². The first-order chi connectivity index (χ1) is 20.4. The molecule has 2 saturated carbocycles. The number of quaternary nitrogens is 1. The average Bonchev–Trinajstić information content (AvgIpc) is 3.24. The number of ether oxygens (including phenoxy) is 3. The largest absolute Gasteiger partial charge is 0.496 e.